The molecule has 0 bridgehead atoms. The van der Waals surface area contributed by atoms with Gasteiger partial charge in [0, 0.05) is 38.9 Å². The van der Waals surface area contributed by atoms with Crippen molar-refractivity contribution in [3.05, 3.63) is 169 Å². The van der Waals surface area contributed by atoms with Crippen LogP contribution in [0.2, 0.25) is 0 Å². The zero-order chi connectivity index (χ0) is 30.2. The maximum Gasteiger partial charge on any atom is 0.123 e. The van der Waals surface area contributed by atoms with Crippen molar-refractivity contribution in [1.29, 1.82) is 0 Å². The first kappa shape index (κ1) is 27.4. The Kier molecular flexibility index (Phi) is 6.95. The maximum atomic E-state index is 14.1. The van der Waals surface area contributed by atoms with Crippen molar-refractivity contribution in [2.24, 2.45) is 0 Å². The molecule has 0 aliphatic heterocycles. The number of rotatable bonds is 6. The summed E-state index contributed by atoms with van der Waals surface area (Å²) < 4.78 is 16.5. The molecule has 1 aliphatic rings. The van der Waals surface area contributed by atoms with Gasteiger partial charge >= 0.3 is 0 Å². The predicted molar refractivity (Wildman–Crippen MR) is 186 cm³/mol. The second-order valence-corrected chi connectivity index (χ2v) is 12.3. The van der Waals surface area contributed by atoms with Gasteiger partial charge in [-0.3, -0.25) is 0 Å². The van der Waals surface area contributed by atoms with Crippen LogP contribution >= 0.6 is 0 Å². The van der Waals surface area contributed by atoms with Crippen LogP contribution in [0.1, 0.15) is 43.2 Å². The topological polar surface area (TPSA) is 8.17 Å². The van der Waals surface area contributed by atoms with Crippen LogP contribution in [0.3, 0.4) is 0 Å². The zero-order valence-corrected chi connectivity index (χ0v) is 25.2. The molecule has 1 saturated carbocycles. The highest BCUT2D eigenvalue weighted by Gasteiger charge is 2.35. The van der Waals surface area contributed by atoms with Crippen molar-refractivity contribution in [2.45, 2.75) is 37.5 Å². The third-order valence-electron chi connectivity index (χ3n) is 9.73. The van der Waals surface area contributed by atoms with Crippen molar-refractivity contribution in [3.63, 3.8) is 0 Å². The summed E-state index contributed by atoms with van der Waals surface area (Å²) >= 11 is 0. The van der Waals surface area contributed by atoms with Gasteiger partial charge in [-0.25, -0.2) is 4.39 Å². The van der Waals surface area contributed by atoms with E-state index < -0.39 is 0 Å². The van der Waals surface area contributed by atoms with Gasteiger partial charge in [0.15, 0.2) is 0 Å². The van der Waals surface area contributed by atoms with E-state index in [2.05, 4.69) is 137 Å². The number of fused-ring (bicyclic) bond motifs is 3. The molecule has 0 saturated heterocycles. The van der Waals surface area contributed by atoms with Crippen molar-refractivity contribution in [1.82, 2.24) is 4.57 Å². The van der Waals surface area contributed by atoms with Gasteiger partial charge < -0.3 is 9.47 Å². The summed E-state index contributed by atoms with van der Waals surface area (Å²) in [5.41, 5.74) is 9.30. The van der Waals surface area contributed by atoms with E-state index in [0.29, 0.717) is 0 Å². The predicted octanol–water partition coefficient (Wildman–Crippen LogP) is 11.6. The molecule has 1 aliphatic carbocycles. The number of para-hydroxylation sites is 2. The Balaban J connectivity index is 1.27. The molecule has 8 rings (SSSR count). The van der Waals surface area contributed by atoms with Gasteiger partial charge in [0.1, 0.15) is 5.82 Å². The normalized spacial score (nSPS) is 14.5. The molecule has 0 spiro atoms. The second-order valence-electron chi connectivity index (χ2n) is 12.3. The lowest BCUT2D eigenvalue weighted by molar-refractivity contribution is 0.346. The lowest BCUT2D eigenvalue weighted by Gasteiger charge is -2.39. The smallest absolute Gasteiger partial charge is 0.123 e. The van der Waals surface area contributed by atoms with E-state index in [1.807, 2.05) is 12.1 Å². The first-order valence-electron chi connectivity index (χ1n) is 16.0. The first-order chi connectivity index (χ1) is 22.2. The third kappa shape index (κ3) is 4.80. The molecule has 7 aromatic rings. The summed E-state index contributed by atoms with van der Waals surface area (Å²) in [6.45, 7) is 0. The highest BCUT2D eigenvalue weighted by Crippen LogP contribution is 2.46. The molecule has 0 amide bonds. The van der Waals surface area contributed by atoms with Gasteiger partial charge in [-0.05, 0) is 96.8 Å². The minimum Gasteiger partial charge on any atom is -0.310 e. The molecule has 0 radical (unpaired) electrons. The van der Waals surface area contributed by atoms with E-state index in [1.54, 1.807) is 12.1 Å². The highest BCUT2D eigenvalue weighted by molar-refractivity contribution is 6.10. The molecular formula is C42H35FN2. The third-order valence-corrected chi connectivity index (χ3v) is 9.73. The summed E-state index contributed by atoms with van der Waals surface area (Å²) in [4.78, 5) is 2.24. The van der Waals surface area contributed by atoms with Crippen LogP contribution in [0, 0.1) is 5.82 Å². The van der Waals surface area contributed by atoms with Crippen LogP contribution < -0.4 is 4.90 Å². The molecule has 0 atom stereocenters. The molecular weight excluding hydrogens is 551 g/mol. The van der Waals surface area contributed by atoms with Crippen LogP contribution in [-0.2, 0) is 5.41 Å². The van der Waals surface area contributed by atoms with Crippen molar-refractivity contribution in [2.75, 3.05) is 4.90 Å². The molecule has 1 heterocycles. The van der Waals surface area contributed by atoms with Gasteiger partial charge in [-0.2, -0.15) is 0 Å². The maximum absolute atomic E-state index is 14.1. The number of aromatic nitrogens is 1. The van der Waals surface area contributed by atoms with E-state index >= 15 is 0 Å². The quantitative estimate of drug-likeness (QED) is 0.188. The Morgan fingerprint density at radius 2 is 1.04 bits per heavy atom. The number of anilines is 3. The Morgan fingerprint density at radius 1 is 0.489 bits per heavy atom. The number of hydrogen-bond donors (Lipinski definition) is 0. The van der Waals surface area contributed by atoms with Crippen LogP contribution in [0.4, 0.5) is 21.5 Å². The van der Waals surface area contributed by atoms with Gasteiger partial charge in [0.05, 0.1) is 11.0 Å². The van der Waals surface area contributed by atoms with Crippen LogP contribution in [0.5, 0.6) is 0 Å². The molecule has 6 aromatic carbocycles. The fraction of sp³-hybridized carbons (Fsp3) is 0.143. The first-order valence-corrected chi connectivity index (χ1v) is 16.0. The fourth-order valence-corrected chi connectivity index (χ4v) is 7.58. The van der Waals surface area contributed by atoms with Crippen molar-refractivity contribution < 1.29 is 4.39 Å². The van der Waals surface area contributed by atoms with E-state index in [4.69, 9.17) is 0 Å². The summed E-state index contributed by atoms with van der Waals surface area (Å²) in [6, 6.07) is 52.8. The van der Waals surface area contributed by atoms with Gasteiger partial charge in [-0.1, -0.05) is 98.1 Å². The van der Waals surface area contributed by atoms with Crippen molar-refractivity contribution in [3.8, 4) is 5.69 Å². The minimum atomic E-state index is -0.238. The Bertz CT molecular complexity index is 2070. The summed E-state index contributed by atoms with van der Waals surface area (Å²) in [5, 5.41) is 2.38. The molecule has 0 unspecified atom stereocenters. The molecule has 3 heteroatoms. The molecule has 220 valence electrons. The second kappa shape index (κ2) is 11.4. The molecule has 2 nitrogen and oxygen atoms in total. The Morgan fingerprint density at radius 3 is 1.76 bits per heavy atom. The van der Waals surface area contributed by atoms with Crippen LogP contribution in [-0.4, -0.2) is 4.57 Å². The standard InChI is InChI=1S/C42H35FN2/c43-33-20-24-36(25-21-33)44(35-22-18-32(19-23-35)42(28-10-3-11-29-42)31-12-4-1-5-13-31)37-26-27-41-39(30-37)38-16-8-9-17-40(38)45(41)34-14-6-2-7-15-34/h1-2,4-9,12-27,30H,3,10-11,28-29H2. The average Bonchev–Trinajstić information content (AvgIpc) is 3.44. The van der Waals surface area contributed by atoms with E-state index in [-0.39, 0.29) is 11.2 Å². The van der Waals surface area contributed by atoms with Crippen molar-refractivity contribution >= 4 is 38.9 Å². The summed E-state index contributed by atoms with van der Waals surface area (Å²) in [5.74, 6) is -0.238. The van der Waals surface area contributed by atoms with Gasteiger partial charge in [-0.15, -0.1) is 0 Å². The SMILES string of the molecule is Fc1ccc(N(c2ccc(C3(c4ccccc4)CCCCC3)cc2)c2ccc3c(c2)c2ccccc2n3-c2ccccc2)cc1. The number of hydrogen-bond acceptors (Lipinski definition) is 1. The Labute approximate surface area is 264 Å². The lowest BCUT2D eigenvalue weighted by atomic mass is 9.65. The summed E-state index contributed by atoms with van der Waals surface area (Å²) in [6.07, 6.45) is 6.12. The molecule has 0 N–H and O–H groups in total. The fourth-order valence-electron chi connectivity index (χ4n) is 7.58. The van der Waals surface area contributed by atoms with Crippen LogP contribution in [0.15, 0.2) is 152 Å². The monoisotopic (exact) mass is 586 g/mol. The number of benzene rings is 6. The Hall–Kier alpha value is -5.15. The number of halogens is 1. The molecule has 1 aromatic heterocycles. The highest BCUT2D eigenvalue weighted by atomic mass is 19.1. The van der Waals surface area contributed by atoms with E-state index in [9.17, 15) is 4.39 Å². The van der Waals surface area contributed by atoms with Crippen LogP contribution in [0.25, 0.3) is 27.5 Å². The van der Waals surface area contributed by atoms with Gasteiger partial charge in [0.25, 0.3) is 0 Å². The van der Waals surface area contributed by atoms with E-state index in [0.717, 1.165) is 28.3 Å². The average molecular weight is 587 g/mol. The lowest BCUT2D eigenvalue weighted by Crippen LogP contribution is -2.30. The molecule has 45 heavy (non-hydrogen) atoms. The zero-order valence-electron chi connectivity index (χ0n) is 25.2. The largest absolute Gasteiger partial charge is 0.310 e. The molecule has 1 fully saturated rings. The van der Waals surface area contributed by atoms with Gasteiger partial charge in [0.2, 0.25) is 0 Å². The number of nitrogens with zero attached hydrogens (tertiary/aromatic N) is 2. The van der Waals surface area contributed by atoms with E-state index in [1.165, 1.54) is 59.5 Å². The minimum absolute atomic E-state index is 0.0386. The summed E-state index contributed by atoms with van der Waals surface area (Å²) in [7, 11) is 0.